The smallest absolute Gasteiger partial charge is 0.304 e. The van der Waals surface area contributed by atoms with Crippen LogP contribution in [0.2, 0.25) is 10.0 Å². The van der Waals surface area contributed by atoms with E-state index < -0.39 is 5.97 Å². The van der Waals surface area contributed by atoms with Crippen molar-refractivity contribution in [3.8, 4) is 0 Å². The molecule has 0 unspecified atom stereocenters. The molecule has 0 saturated carbocycles. The number of hydrogen-bond acceptors (Lipinski definition) is 5. The fraction of sp³-hybridized carbons (Fsp3) is 0.565. The number of aliphatic imine (C=N–C) groups is 1. The number of nitrogens with zero attached hydrogens (tertiary/aromatic N) is 2. The molecule has 0 bridgehead atoms. The summed E-state index contributed by atoms with van der Waals surface area (Å²) in [5.74, 6) is 0.359. The lowest BCUT2D eigenvalue weighted by Crippen LogP contribution is -2.27. The number of allylic oxidation sites excluding steroid dienone is 1. The molecule has 1 rings (SSSR count). The molecular weight excluding hydrogens is 453 g/mol. The van der Waals surface area contributed by atoms with Gasteiger partial charge in [-0.2, -0.15) is 0 Å². The first-order valence-electron chi connectivity index (χ1n) is 10.7. The number of halogens is 2. The Balaban J connectivity index is 2.98. The van der Waals surface area contributed by atoms with Crippen LogP contribution in [0.25, 0.3) is 5.70 Å². The highest BCUT2D eigenvalue weighted by atomic mass is 35.5. The molecule has 0 aliphatic rings. The van der Waals surface area contributed by atoms with Gasteiger partial charge >= 0.3 is 5.97 Å². The van der Waals surface area contributed by atoms with Gasteiger partial charge in [-0.15, -0.1) is 11.8 Å². The fourth-order valence-electron chi connectivity index (χ4n) is 3.08. The van der Waals surface area contributed by atoms with Crippen molar-refractivity contribution in [2.45, 2.75) is 52.4 Å². The molecule has 5 nitrogen and oxygen atoms in total. The average molecular weight is 489 g/mol. The zero-order valence-corrected chi connectivity index (χ0v) is 20.9. The molecular formula is C23H35Cl2N3O2S. The standard InChI is InChI=1S/C23H35Cl2N3O2S/c1-17(2)14-21(23(27-3)18-8-9-19(24)20(25)15-18)31-16-28(13-10-22(29)30)12-7-5-4-6-11-26/h8-9,15,17H,3-7,10-14,16,26H2,1-2H3,(H,29,30)/b23-21-. The minimum absolute atomic E-state index is 0.131. The van der Waals surface area contributed by atoms with Gasteiger partial charge in [-0.25, -0.2) is 0 Å². The topological polar surface area (TPSA) is 78.9 Å². The molecule has 1 aromatic rings. The van der Waals surface area contributed by atoms with Crippen molar-refractivity contribution < 1.29 is 9.90 Å². The van der Waals surface area contributed by atoms with Crippen molar-refractivity contribution in [2.75, 3.05) is 25.5 Å². The second-order valence-electron chi connectivity index (χ2n) is 7.89. The quantitative estimate of drug-likeness (QED) is 0.160. The highest BCUT2D eigenvalue weighted by Crippen LogP contribution is 2.35. The van der Waals surface area contributed by atoms with Gasteiger partial charge < -0.3 is 10.8 Å². The Morgan fingerprint density at radius 3 is 2.48 bits per heavy atom. The number of unbranched alkanes of at least 4 members (excludes halogenated alkanes) is 3. The monoisotopic (exact) mass is 487 g/mol. The molecule has 0 fully saturated rings. The molecule has 3 N–H and O–H groups in total. The number of benzene rings is 1. The van der Waals surface area contributed by atoms with Crippen LogP contribution in [-0.2, 0) is 4.79 Å². The molecule has 0 heterocycles. The Kier molecular flexibility index (Phi) is 14.2. The predicted molar refractivity (Wildman–Crippen MR) is 136 cm³/mol. The van der Waals surface area contributed by atoms with E-state index in [0.29, 0.717) is 34.9 Å². The lowest BCUT2D eigenvalue weighted by molar-refractivity contribution is -0.137. The van der Waals surface area contributed by atoms with Crippen LogP contribution in [0, 0.1) is 5.92 Å². The number of carboxylic acid groups (broad SMARTS) is 1. The van der Waals surface area contributed by atoms with E-state index in [1.54, 1.807) is 17.8 Å². The molecule has 0 radical (unpaired) electrons. The largest absolute Gasteiger partial charge is 0.481 e. The van der Waals surface area contributed by atoms with Crippen LogP contribution in [0.5, 0.6) is 0 Å². The van der Waals surface area contributed by atoms with Gasteiger partial charge in [0.1, 0.15) is 0 Å². The van der Waals surface area contributed by atoms with Crippen molar-refractivity contribution in [3.63, 3.8) is 0 Å². The number of rotatable bonds is 16. The normalized spacial score (nSPS) is 12.4. The predicted octanol–water partition coefficient (Wildman–Crippen LogP) is 6.40. The number of carboxylic acids is 1. The minimum atomic E-state index is -0.777. The van der Waals surface area contributed by atoms with E-state index in [2.05, 4.69) is 30.5 Å². The van der Waals surface area contributed by atoms with E-state index in [0.717, 1.165) is 54.8 Å². The highest BCUT2D eigenvalue weighted by Gasteiger charge is 2.15. The number of nitrogens with two attached hydrogens (primary N) is 1. The van der Waals surface area contributed by atoms with Crippen LogP contribution in [-0.4, -0.2) is 48.2 Å². The molecule has 8 heteroatoms. The molecule has 0 aliphatic heterocycles. The molecule has 31 heavy (non-hydrogen) atoms. The van der Waals surface area contributed by atoms with Gasteiger partial charge in [-0.3, -0.25) is 14.7 Å². The lowest BCUT2D eigenvalue weighted by atomic mass is 10.1. The number of carbonyl (C=O) groups is 1. The Labute approximate surface area is 201 Å². The second-order valence-corrected chi connectivity index (χ2v) is 9.75. The number of aliphatic carboxylic acids is 1. The SMILES string of the molecule is C=N/C(=C(/CC(C)C)SCN(CCCCCCN)CCC(=O)O)c1ccc(Cl)c(Cl)c1. The van der Waals surface area contributed by atoms with Crippen molar-refractivity contribution >= 4 is 53.3 Å². The average Bonchev–Trinajstić information content (AvgIpc) is 2.71. The van der Waals surface area contributed by atoms with Crippen LogP contribution in [0.3, 0.4) is 0 Å². The van der Waals surface area contributed by atoms with Crippen molar-refractivity contribution in [2.24, 2.45) is 16.6 Å². The molecule has 0 aliphatic carbocycles. The van der Waals surface area contributed by atoms with E-state index in [4.69, 9.17) is 34.0 Å². The van der Waals surface area contributed by atoms with Gasteiger partial charge in [0.25, 0.3) is 0 Å². The Morgan fingerprint density at radius 1 is 1.19 bits per heavy atom. The molecule has 0 atom stereocenters. The lowest BCUT2D eigenvalue weighted by Gasteiger charge is -2.23. The molecule has 0 spiro atoms. The number of thioether (sulfide) groups is 1. The molecule has 1 aromatic carbocycles. The maximum Gasteiger partial charge on any atom is 0.304 e. The van der Waals surface area contributed by atoms with Gasteiger partial charge in [0.15, 0.2) is 0 Å². The summed E-state index contributed by atoms with van der Waals surface area (Å²) >= 11 is 14.0. The van der Waals surface area contributed by atoms with E-state index >= 15 is 0 Å². The van der Waals surface area contributed by atoms with Gasteiger partial charge in [0.05, 0.1) is 22.2 Å². The van der Waals surface area contributed by atoms with E-state index in [9.17, 15) is 4.79 Å². The summed E-state index contributed by atoms with van der Waals surface area (Å²) in [6.45, 7) is 10.2. The molecule has 0 amide bonds. The molecule has 0 aromatic heterocycles. The third-order valence-corrected chi connectivity index (χ3v) is 6.64. The molecule has 174 valence electrons. The fourth-order valence-corrected chi connectivity index (χ4v) is 4.74. The van der Waals surface area contributed by atoms with Crippen LogP contribution in [0.15, 0.2) is 28.1 Å². The van der Waals surface area contributed by atoms with Crippen molar-refractivity contribution in [1.29, 1.82) is 0 Å². The maximum absolute atomic E-state index is 11.1. The van der Waals surface area contributed by atoms with Crippen molar-refractivity contribution in [1.82, 2.24) is 4.90 Å². The Hall–Kier alpha value is -1.05. The summed E-state index contributed by atoms with van der Waals surface area (Å²) in [5.41, 5.74) is 7.25. The maximum atomic E-state index is 11.1. The Morgan fingerprint density at radius 2 is 1.90 bits per heavy atom. The van der Waals surface area contributed by atoms with Gasteiger partial charge in [-0.05, 0) is 57.1 Å². The Bertz CT molecular complexity index is 742. The van der Waals surface area contributed by atoms with Crippen LogP contribution in [0.4, 0.5) is 0 Å². The van der Waals surface area contributed by atoms with Crippen LogP contribution >= 0.6 is 35.0 Å². The first-order valence-corrected chi connectivity index (χ1v) is 12.4. The van der Waals surface area contributed by atoms with Crippen LogP contribution in [0.1, 0.15) is 57.9 Å². The van der Waals surface area contributed by atoms with Crippen molar-refractivity contribution in [3.05, 3.63) is 38.7 Å². The molecule has 0 saturated heterocycles. The van der Waals surface area contributed by atoms with Gasteiger partial charge in [0, 0.05) is 22.9 Å². The van der Waals surface area contributed by atoms with Crippen LogP contribution < -0.4 is 5.73 Å². The third-order valence-electron chi connectivity index (χ3n) is 4.70. The van der Waals surface area contributed by atoms with Gasteiger partial charge in [-0.1, -0.05) is 56.0 Å². The van der Waals surface area contributed by atoms with Gasteiger partial charge in [0.2, 0.25) is 0 Å². The summed E-state index contributed by atoms with van der Waals surface area (Å²) in [4.78, 5) is 18.7. The summed E-state index contributed by atoms with van der Waals surface area (Å²) in [6.07, 6.45) is 5.25. The third kappa shape index (κ3) is 11.4. The van der Waals surface area contributed by atoms with E-state index in [1.807, 2.05) is 12.1 Å². The summed E-state index contributed by atoms with van der Waals surface area (Å²) in [5, 5.41) is 10.1. The van der Waals surface area contributed by atoms with E-state index in [1.165, 1.54) is 0 Å². The zero-order chi connectivity index (χ0) is 23.2. The first-order chi connectivity index (χ1) is 14.8. The van der Waals surface area contributed by atoms with E-state index in [-0.39, 0.29) is 6.42 Å². The first kappa shape index (κ1) is 28.0. The summed E-state index contributed by atoms with van der Waals surface area (Å²) < 4.78 is 0. The zero-order valence-electron chi connectivity index (χ0n) is 18.6. The summed E-state index contributed by atoms with van der Waals surface area (Å²) in [6, 6.07) is 5.48. The minimum Gasteiger partial charge on any atom is -0.481 e. The summed E-state index contributed by atoms with van der Waals surface area (Å²) in [7, 11) is 0. The highest BCUT2D eigenvalue weighted by molar-refractivity contribution is 8.03. The number of hydrogen-bond donors (Lipinski definition) is 2. The second kappa shape index (κ2) is 15.7.